The Hall–Kier alpha value is -3.13. The number of rotatable bonds is 6. The molecule has 166 valence electrons. The normalized spacial score (nSPS) is 12.2. The van der Waals surface area contributed by atoms with E-state index in [0.717, 1.165) is 11.4 Å². The summed E-state index contributed by atoms with van der Waals surface area (Å²) in [6.07, 6.45) is 4.26. The van der Waals surface area contributed by atoms with E-state index in [2.05, 4.69) is 125 Å². The van der Waals surface area contributed by atoms with Crippen LogP contribution in [0.25, 0.3) is 11.1 Å². The maximum atomic E-state index is 4.79. The maximum Gasteiger partial charge on any atom is 0.139 e. The van der Waals surface area contributed by atoms with E-state index in [1.165, 1.54) is 33.5 Å². The molecule has 0 heterocycles. The number of aryl methyl sites for hydroxylation is 1. The molecule has 0 spiro atoms. The lowest BCUT2D eigenvalue weighted by Crippen LogP contribution is -2.29. The SMILES string of the molecule is C/C=C\N(C(=NC)c1ccccc1C)c1c(C(C)C)cc(-c2ccccc2)cc1C(C)C. The van der Waals surface area contributed by atoms with Crippen LogP contribution in [0.2, 0.25) is 0 Å². The van der Waals surface area contributed by atoms with Gasteiger partial charge in [0, 0.05) is 18.8 Å². The number of hydrogen-bond acceptors (Lipinski definition) is 1. The van der Waals surface area contributed by atoms with Gasteiger partial charge in [-0.2, -0.15) is 0 Å². The van der Waals surface area contributed by atoms with Crippen molar-refractivity contribution >= 4 is 11.5 Å². The van der Waals surface area contributed by atoms with Gasteiger partial charge < -0.3 is 4.90 Å². The zero-order chi connectivity index (χ0) is 23.3. The van der Waals surface area contributed by atoms with Crippen molar-refractivity contribution in [2.75, 3.05) is 11.9 Å². The second kappa shape index (κ2) is 10.5. The van der Waals surface area contributed by atoms with Crippen LogP contribution in [0.5, 0.6) is 0 Å². The molecule has 0 saturated carbocycles. The first-order valence-electron chi connectivity index (χ1n) is 11.6. The molecular weight excluding hydrogens is 388 g/mol. The molecule has 32 heavy (non-hydrogen) atoms. The van der Waals surface area contributed by atoms with Crippen LogP contribution in [0.3, 0.4) is 0 Å². The van der Waals surface area contributed by atoms with E-state index in [-0.39, 0.29) is 0 Å². The molecule has 0 fully saturated rings. The summed E-state index contributed by atoms with van der Waals surface area (Å²) in [7, 11) is 1.89. The van der Waals surface area contributed by atoms with Gasteiger partial charge in [0.05, 0.1) is 5.69 Å². The van der Waals surface area contributed by atoms with Crippen LogP contribution in [0.4, 0.5) is 5.69 Å². The summed E-state index contributed by atoms with van der Waals surface area (Å²) in [6, 6.07) is 23.9. The highest BCUT2D eigenvalue weighted by atomic mass is 15.2. The first kappa shape index (κ1) is 23.5. The van der Waals surface area contributed by atoms with Crippen molar-refractivity contribution in [2.45, 2.75) is 53.4 Å². The Labute approximate surface area is 194 Å². The zero-order valence-electron chi connectivity index (χ0n) is 20.6. The molecule has 0 saturated heterocycles. The van der Waals surface area contributed by atoms with Gasteiger partial charge in [0.1, 0.15) is 5.84 Å². The van der Waals surface area contributed by atoms with Crippen LogP contribution in [0.1, 0.15) is 68.7 Å². The van der Waals surface area contributed by atoms with Crippen molar-refractivity contribution in [3.05, 3.63) is 101 Å². The largest absolute Gasteiger partial charge is 0.301 e. The van der Waals surface area contributed by atoms with Crippen LogP contribution in [-0.2, 0) is 0 Å². The lowest BCUT2D eigenvalue weighted by Gasteiger charge is -2.31. The lowest BCUT2D eigenvalue weighted by molar-refractivity contribution is 0.832. The first-order chi connectivity index (χ1) is 15.4. The van der Waals surface area contributed by atoms with Crippen LogP contribution in [0, 0.1) is 6.92 Å². The smallest absolute Gasteiger partial charge is 0.139 e. The first-order valence-corrected chi connectivity index (χ1v) is 11.6. The minimum absolute atomic E-state index is 0.369. The Kier molecular flexibility index (Phi) is 7.69. The van der Waals surface area contributed by atoms with E-state index in [0.29, 0.717) is 11.8 Å². The number of allylic oxidation sites excluding steroid dienone is 1. The third-order valence-electron chi connectivity index (χ3n) is 5.89. The highest BCUT2D eigenvalue weighted by Gasteiger charge is 2.24. The second-order valence-electron chi connectivity index (χ2n) is 8.89. The molecule has 3 rings (SSSR count). The number of anilines is 1. The number of benzene rings is 3. The van der Waals surface area contributed by atoms with Crippen molar-refractivity contribution in [2.24, 2.45) is 4.99 Å². The van der Waals surface area contributed by atoms with Gasteiger partial charge in [0.15, 0.2) is 0 Å². The van der Waals surface area contributed by atoms with Crippen molar-refractivity contribution in [3.63, 3.8) is 0 Å². The highest BCUT2D eigenvalue weighted by Crippen LogP contribution is 2.40. The van der Waals surface area contributed by atoms with Crippen molar-refractivity contribution in [3.8, 4) is 11.1 Å². The van der Waals surface area contributed by atoms with E-state index in [1.807, 2.05) is 7.05 Å². The summed E-state index contributed by atoms with van der Waals surface area (Å²) < 4.78 is 0. The summed E-state index contributed by atoms with van der Waals surface area (Å²) in [5, 5.41) is 0. The van der Waals surface area contributed by atoms with E-state index < -0.39 is 0 Å². The molecule has 0 bridgehead atoms. The fourth-order valence-corrected chi connectivity index (χ4v) is 4.22. The molecule has 0 radical (unpaired) electrons. The Morgan fingerprint density at radius 2 is 1.38 bits per heavy atom. The van der Waals surface area contributed by atoms with E-state index >= 15 is 0 Å². The molecule has 3 aromatic rings. The Bertz CT molecular complexity index is 1080. The average Bonchev–Trinajstić information content (AvgIpc) is 2.79. The minimum atomic E-state index is 0.369. The van der Waals surface area contributed by atoms with Gasteiger partial charge in [0.25, 0.3) is 0 Å². The Balaban J connectivity index is 2.32. The summed E-state index contributed by atoms with van der Waals surface area (Å²) >= 11 is 0. The predicted octanol–water partition coefficient (Wildman–Crippen LogP) is 8.33. The number of aliphatic imine (C=N–C) groups is 1. The monoisotopic (exact) mass is 424 g/mol. The zero-order valence-corrected chi connectivity index (χ0v) is 20.6. The summed E-state index contributed by atoms with van der Waals surface area (Å²) in [5.74, 6) is 1.71. The fraction of sp³-hybridized carbons (Fsp3) is 0.300. The molecule has 2 heteroatoms. The molecule has 0 atom stereocenters. The quantitative estimate of drug-likeness (QED) is 0.287. The third-order valence-corrected chi connectivity index (χ3v) is 5.89. The maximum absolute atomic E-state index is 4.79. The van der Waals surface area contributed by atoms with Gasteiger partial charge in [-0.1, -0.05) is 88.4 Å². The molecule has 0 unspecified atom stereocenters. The topological polar surface area (TPSA) is 15.6 Å². The van der Waals surface area contributed by atoms with Gasteiger partial charge in [0.2, 0.25) is 0 Å². The molecule has 0 aliphatic heterocycles. The molecular formula is C30H36N2. The summed E-state index contributed by atoms with van der Waals surface area (Å²) in [4.78, 5) is 7.08. The Morgan fingerprint density at radius 3 is 1.88 bits per heavy atom. The Morgan fingerprint density at radius 1 is 0.812 bits per heavy atom. The van der Waals surface area contributed by atoms with Gasteiger partial charge >= 0.3 is 0 Å². The van der Waals surface area contributed by atoms with E-state index in [9.17, 15) is 0 Å². The lowest BCUT2D eigenvalue weighted by atomic mass is 9.87. The molecule has 0 aromatic heterocycles. The van der Waals surface area contributed by atoms with Crippen molar-refractivity contribution in [1.82, 2.24) is 0 Å². The van der Waals surface area contributed by atoms with Crippen LogP contribution >= 0.6 is 0 Å². The third kappa shape index (κ3) is 4.85. The van der Waals surface area contributed by atoms with Gasteiger partial charge in [-0.05, 0) is 65.6 Å². The number of amidine groups is 1. The molecule has 0 N–H and O–H groups in total. The van der Waals surface area contributed by atoms with Gasteiger partial charge in [-0.25, -0.2) is 0 Å². The van der Waals surface area contributed by atoms with E-state index in [1.54, 1.807) is 0 Å². The fourth-order valence-electron chi connectivity index (χ4n) is 4.22. The van der Waals surface area contributed by atoms with Crippen molar-refractivity contribution in [1.29, 1.82) is 0 Å². The average molecular weight is 425 g/mol. The second-order valence-corrected chi connectivity index (χ2v) is 8.89. The van der Waals surface area contributed by atoms with Crippen LogP contribution in [0.15, 0.2) is 84.0 Å². The predicted molar refractivity (Wildman–Crippen MR) is 141 cm³/mol. The van der Waals surface area contributed by atoms with Gasteiger partial charge in [-0.15, -0.1) is 0 Å². The molecule has 2 nitrogen and oxygen atoms in total. The minimum Gasteiger partial charge on any atom is -0.301 e. The standard InChI is InChI=1S/C30H36N2/c1-8-18-32(30(31-7)26-17-13-12-14-23(26)6)29-27(21(2)3)19-25(20-28(29)22(4)5)24-15-10-9-11-16-24/h8-22H,1-7H3/b18-8-,31-30?. The number of nitrogens with zero attached hydrogens (tertiary/aromatic N) is 2. The molecule has 0 aliphatic rings. The molecule has 0 amide bonds. The summed E-state index contributed by atoms with van der Waals surface area (Å²) in [6.45, 7) is 13.3. The van der Waals surface area contributed by atoms with Gasteiger partial charge in [-0.3, -0.25) is 4.99 Å². The van der Waals surface area contributed by atoms with Crippen LogP contribution < -0.4 is 4.90 Å². The molecule has 0 aliphatic carbocycles. The molecule has 3 aromatic carbocycles. The summed E-state index contributed by atoms with van der Waals surface area (Å²) in [5.41, 5.74) is 8.82. The van der Waals surface area contributed by atoms with Crippen molar-refractivity contribution < 1.29 is 0 Å². The van der Waals surface area contributed by atoms with E-state index in [4.69, 9.17) is 4.99 Å². The highest BCUT2D eigenvalue weighted by molar-refractivity contribution is 6.12. The van der Waals surface area contributed by atoms with Crippen LogP contribution in [-0.4, -0.2) is 12.9 Å². The number of hydrogen-bond donors (Lipinski definition) is 0.